The van der Waals surface area contributed by atoms with E-state index in [0.717, 1.165) is 0 Å². The molecule has 1 unspecified atom stereocenters. The first-order valence-electron chi connectivity index (χ1n) is 9.63. The first kappa shape index (κ1) is 22.7. The number of unbranched alkanes of at least 4 members (excludes halogenated alkanes) is 10. The third kappa shape index (κ3) is 15.6. The van der Waals surface area contributed by atoms with Gasteiger partial charge in [0.2, 0.25) is 0 Å². The van der Waals surface area contributed by atoms with Crippen LogP contribution in [0.25, 0.3) is 0 Å². The van der Waals surface area contributed by atoms with Crippen molar-refractivity contribution in [2.24, 2.45) is 0 Å². The number of aliphatic hydroxyl groups is 1. The Balaban J connectivity index is 3.49. The molecule has 0 rings (SSSR count). The molecule has 1 atom stereocenters. The molecular weight excluding hydrogens is 308 g/mol. The van der Waals surface area contributed by atoms with Gasteiger partial charge in [-0.2, -0.15) is 0 Å². The van der Waals surface area contributed by atoms with Crippen LogP contribution in [-0.2, 0) is 0 Å². The van der Waals surface area contributed by atoms with Gasteiger partial charge < -0.3 is 5.11 Å². The van der Waals surface area contributed by atoms with Crippen molar-refractivity contribution in [2.75, 3.05) is 11.5 Å². The minimum Gasteiger partial charge on any atom is -0.391 e. The van der Waals surface area contributed by atoms with Crippen LogP contribution in [0, 0.1) is 0 Å². The summed E-state index contributed by atoms with van der Waals surface area (Å²) in [6.45, 7) is 6.49. The van der Waals surface area contributed by atoms with E-state index < -0.39 is 0 Å². The third-order valence-electron chi connectivity index (χ3n) is 3.95. The quantitative estimate of drug-likeness (QED) is 0.228. The van der Waals surface area contributed by atoms with Crippen molar-refractivity contribution < 1.29 is 5.11 Å². The molecule has 0 aromatic heterocycles. The normalized spacial score (nSPS) is 13.0. The van der Waals surface area contributed by atoms with Crippen LogP contribution in [0.3, 0.4) is 0 Å². The summed E-state index contributed by atoms with van der Waals surface area (Å²) in [5.74, 6) is 2.43. The van der Waals surface area contributed by atoms with Crippen molar-refractivity contribution in [3.63, 3.8) is 0 Å². The number of hydrogen-bond acceptors (Lipinski definition) is 3. The van der Waals surface area contributed by atoms with Gasteiger partial charge in [0, 0.05) is 0 Å². The van der Waals surface area contributed by atoms with Gasteiger partial charge in [-0.1, -0.05) is 78.1 Å². The molecule has 134 valence electrons. The van der Waals surface area contributed by atoms with E-state index in [0.29, 0.717) is 4.58 Å². The maximum Gasteiger partial charge on any atom is 0.0758 e. The minimum atomic E-state index is -0.185. The van der Waals surface area contributed by atoms with E-state index in [-0.39, 0.29) is 6.10 Å². The molecular formula is C19H40OS2. The summed E-state index contributed by atoms with van der Waals surface area (Å²) in [4.78, 5) is 0. The molecule has 0 saturated carbocycles. The fourth-order valence-corrected chi connectivity index (χ4v) is 5.22. The molecule has 22 heavy (non-hydrogen) atoms. The highest BCUT2D eigenvalue weighted by atomic mass is 32.2. The fraction of sp³-hybridized carbons (Fsp3) is 1.00. The van der Waals surface area contributed by atoms with Crippen LogP contribution >= 0.6 is 23.5 Å². The van der Waals surface area contributed by atoms with Crippen molar-refractivity contribution in [3.05, 3.63) is 0 Å². The third-order valence-corrected chi connectivity index (χ3v) is 7.26. The maximum absolute atomic E-state index is 9.92. The van der Waals surface area contributed by atoms with Gasteiger partial charge in [0.05, 0.1) is 10.7 Å². The Morgan fingerprint density at radius 2 is 1.00 bits per heavy atom. The second-order valence-electron chi connectivity index (χ2n) is 6.39. The molecule has 0 amide bonds. The molecule has 0 spiro atoms. The first-order valence-corrected chi connectivity index (χ1v) is 11.7. The van der Waals surface area contributed by atoms with Crippen molar-refractivity contribution in [3.8, 4) is 0 Å². The zero-order valence-electron chi connectivity index (χ0n) is 15.3. The summed E-state index contributed by atoms with van der Waals surface area (Å²) in [6, 6.07) is 0. The van der Waals surface area contributed by atoms with Crippen molar-refractivity contribution in [1.29, 1.82) is 0 Å². The molecule has 0 radical (unpaired) electrons. The summed E-state index contributed by atoms with van der Waals surface area (Å²) in [5.41, 5.74) is 0. The number of aliphatic hydroxyl groups excluding tert-OH is 1. The zero-order chi connectivity index (χ0) is 16.5. The topological polar surface area (TPSA) is 20.2 Å². The molecule has 0 saturated heterocycles. The lowest BCUT2D eigenvalue weighted by atomic mass is 10.1. The van der Waals surface area contributed by atoms with Gasteiger partial charge in [0.15, 0.2) is 0 Å². The molecule has 0 aromatic rings. The second-order valence-corrected chi connectivity index (χ2v) is 9.18. The van der Waals surface area contributed by atoms with Gasteiger partial charge in [0.1, 0.15) is 0 Å². The van der Waals surface area contributed by atoms with Crippen LogP contribution in [0.5, 0.6) is 0 Å². The maximum atomic E-state index is 9.92. The smallest absolute Gasteiger partial charge is 0.0758 e. The van der Waals surface area contributed by atoms with Gasteiger partial charge >= 0.3 is 0 Å². The molecule has 0 bridgehead atoms. The summed E-state index contributed by atoms with van der Waals surface area (Å²) in [5, 5.41) is 9.92. The van der Waals surface area contributed by atoms with E-state index in [1.165, 1.54) is 88.6 Å². The Kier molecular flexibility index (Phi) is 18.5. The largest absolute Gasteiger partial charge is 0.391 e. The molecule has 0 aliphatic carbocycles. The SMILES string of the molecule is CCCCCCCCSC(SCCCCCCCC)C(C)O. The van der Waals surface area contributed by atoms with Gasteiger partial charge in [-0.15, -0.1) is 23.5 Å². The first-order chi connectivity index (χ1) is 10.7. The lowest BCUT2D eigenvalue weighted by Crippen LogP contribution is -2.16. The molecule has 0 aliphatic rings. The molecule has 1 nitrogen and oxygen atoms in total. The van der Waals surface area contributed by atoms with Gasteiger partial charge in [0.25, 0.3) is 0 Å². The van der Waals surface area contributed by atoms with Crippen LogP contribution < -0.4 is 0 Å². The Bertz CT molecular complexity index is 192. The second kappa shape index (κ2) is 18.0. The van der Waals surface area contributed by atoms with Crippen LogP contribution in [0.15, 0.2) is 0 Å². The highest BCUT2D eigenvalue weighted by Gasteiger charge is 2.15. The van der Waals surface area contributed by atoms with Crippen LogP contribution in [0.2, 0.25) is 0 Å². The van der Waals surface area contributed by atoms with Crippen molar-refractivity contribution in [1.82, 2.24) is 0 Å². The standard InChI is InChI=1S/C19H40OS2/c1-4-6-8-10-12-14-16-21-19(18(3)20)22-17-15-13-11-9-7-5-2/h18-20H,4-17H2,1-3H3. The van der Waals surface area contributed by atoms with Gasteiger partial charge in [-0.3, -0.25) is 0 Å². The van der Waals surface area contributed by atoms with Crippen LogP contribution in [0.1, 0.15) is 97.8 Å². The van der Waals surface area contributed by atoms with E-state index >= 15 is 0 Å². The highest BCUT2D eigenvalue weighted by molar-refractivity contribution is 8.17. The summed E-state index contributed by atoms with van der Waals surface area (Å²) in [7, 11) is 0. The number of rotatable bonds is 17. The number of hydrogen-bond donors (Lipinski definition) is 1. The highest BCUT2D eigenvalue weighted by Crippen LogP contribution is 2.29. The van der Waals surface area contributed by atoms with Crippen molar-refractivity contribution >= 4 is 23.5 Å². The summed E-state index contributed by atoms with van der Waals surface area (Å²) < 4.78 is 0.381. The van der Waals surface area contributed by atoms with E-state index in [1.54, 1.807) is 0 Å². The average molecular weight is 349 g/mol. The van der Waals surface area contributed by atoms with Gasteiger partial charge in [-0.25, -0.2) is 0 Å². The van der Waals surface area contributed by atoms with Crippen LogP contribution in [-0.4, -0.2) is 27.3 Å². The zero-order valence-corrected chi connectivity index (χ0v) is 17.0. The molecule has 0 heterocycles. The Hall–Kier alpha value is 0.660. The van der Waals surface area contributed by atoms with Gasteiger partial charge in [-0.05, 0) is 31.3 Å². The molecule has 1 N–H and O–H groups in total. The summed E-state index contributed by atoms with van der Waals surface area (Å²) in [6.07, 6.45) is 16.2. The predicted octanol–water partition coefficient (Wildman–Crippen LogP) is 6.88. The minimum absolute atomic E-state index is 0.185. The van der Waals surface area contributed by atoms with E-state index in [4.69, 9.17) is 0 Å². The average Bonchev–Trinajstić information content (AvgIpc) is 2.50. The van der Waals surface area contributed by atoms with Crippen LogP contribution in [0.4, 0.5) is 0 Å². The lowest BCUT2D eigenvalue weighted by Gasteiger charge is -2.19. The molecule has 0 aliphatic heterocycles. The Morgan fingerprint density at radius 1 is 0.636 bits per heavy atom. The van der Waals surface area contributed by atoms with E-state index in [1.807, 2.05) is 30.4 Å². The fourth-order valence-electron chi connectivity index (χ4n) is 2.49. The Morgan fingerprint density at radius 3 is 1.36 bits per heavy atom. The van der Waals surface area contributed by atoms with Crippen molar-refractivity contribution in [2.45, 2.75) is 109 Å². The van der Waals surface area contributed by atoms with E-state index in [9.17, 15) is 5.11 Å². The molecule has 3 heteroatoms. The number of thioether (sulfide) groups is 2. The van der Waals surface area contributed by atoms with E-state index in [2.05, 4.69) is 13.8 Å². The molecule has 0 aromatic carbocycles. The monoisotopic (exact) mass is 348 g/mol. The lowest BCUT2D eigenvalue weighted by molar-refractivity contribution is 0.213. The molecule has 0 fully saturated rings. The summed E-state index contributed by atoms with van der Waals surface area (Å²) >= 11 is 3.96. The Labute approximate surface area is 148 Å². The predicted molar refractivity (Wildman–Crippen MR) is 107 cm³/mol.